The molecule has 0 amide bonds. The molecule has 28 heavy (non-hydrogen) atoms. The largest absolute Gasteiger partial charge is 0.381 e. The van der Waals surface area contributed by atoms with E-state index >= 15 is 0 Å². The number of aliphatic imine (C=N–C) groups is 2. The standard InChI is InChI=1S/C20H28F2N6/c1-5-19(3,13(2)26-12-20(4,21)22)28-16-8-10-24-18(27-16)15-11-25-17-14(15)7-6-9-23-17/h6-7,9,11,17,23-24,26H,2,5,8,10,12H2,1,3-4H3,(H,27,28)/t17?,19-/m1/s1. The number of nitrogens with one attached hydrogen (secondary N) is 4. The molecule has 3 aliphatic heterocycles. The molecule has 2 atom stereocenters. The zero-order valence-corrected chi connectivity index (χ0v) is 16.6. The van der Waals surface area contributed by atoms with E-state index in [0.29, 0.717) is 18.5 Å². The van der Waals surface area contributed by atoms with Gasteiger partial charge in [0.05, 0.1) is 12.1 Å². The molecule has 152 valence electrons. The van der Waals surface area contributed by atoms with Crippen LogP contribution in [0, 0.1) is 0 Å². The van der Waals surface area contributed by atoms with E-state index in [1.165, 1.54) is 0 Å². The van der Waals surface area contributed by atoms with Crippen molar-refractivity contribution in [3.05, 3.63) is 47.6 Å². The first-order valence-electron chi connectivity index (χ1n) is 9.53. The third-order valence-electron chi connectivity index (χ3n) is 5.12. The second-order valence-corrected chi connectivity index (χ2v) is 7.51. The third kappa shape index (κ3) is 4.43. The number of fused-ring (bicyclic) bond motifs is 1. The fraction of sp³-hybridized carbons (Fsp3) is 0.500. The van der Waals surface area contributed by atoms with Crippen molar-refractivity contribution in [2.75, 3.05) is 13.1 Å². The van der Waals surface area contributed by atoms with Gasteiger partial charge >= 0.3 is 0 Å². The van der Waals surface area contributed by atoms with E-state index in [0.717, 1.165) is 36.3 Å². The molecule has 0 aliphatic carbocycles. The topological polar surface area (TPSA) is 72.8 Å². The van der Waals surface area contributed by atoms with E-state index in [4.69, 9.17) is 4.99 Å². The van der Waals surface area contributed by atoms with E-state index in [-0.39, 0.29) is 6.17 Å². The maximum Gasteiger partial charge on any atom is 0.262 e. The Hall–Kier alpha value is -2.64. The Morgan fingerprint density at radius 2 is 2.21 bits per heavy atom. The lowest BCUT2D eigenvalue weighted by Gasteiger charge is -2.31. The molecule has 1 fully saturated rings. The Balaban J connectivity index is 1.79. The molecule has 0 saturated carbocycles. The van der Waals surface area contributed by atoms with E-state index in [1.54, 1.807) is 0 Å². The Morgan fingerprint density at radius 3 is 2.93 bits per heavy atom. The van der Waals surface area contributed by atoms with Crippen molar-refractivity contribution in [3.63, 3.8) is 0 Å². The molecule has 0 radical (unpaired) electrons. The normalized spacial score (nSPS) is 27.2. The average Bonchev–Trinajstić information content (AvgIpc) is 3.09. The smallest absolute Gasteiger partial charge is 0.262 e. The summed E-state index contributed by atoms with van der Waals surface area (Å²) in [4.78, 5) is 9.32. The highest BCUT2D eigenvalue weighted by molar-refractivity contribution is 5.93. The highest BCUT2D eigenvalue weighted by Gasteiger charge is 2.31. The number of dihydropyridines is 1. The average molecular weight is 390 g/mol. The van der Waals surface area contributed by atoms with Crippen LogP contribution in [-0.4, -0.2) is 42.8 Å². The minimum atomic E-state index is -2.80. The summed E-state index contributed by atoms with van der Waals surface area (Å²) in [7, 11) is 0. The van der Waals surface area contributed by atoms with Gasteiger partial charge in [-0.1, -0.05) is 19.6 Å². The molecule has 3 aliphatic rings. The van der Waals surface area contributed by atoms with Gasteiger partial charge in [0, 0.05) is 42.9 Å². The summed E-state index contributed by atoms with van der Waals surface area (Å²) >= 11 is 0. The van der Waals surface area contributed by atoms with Crippen molar-refractivity contribution in [1.29, 1.82) is 0 Å². The second-order valence-electron chi connectivity index (χ2n) is 7.51. The minimum Gasteiger partial charge on any atom is -0.381 e. The minimum absolute atomic E-state index is 0.0565. The van der Waals surface area contributed by atoms with Gasteiger partial charge < -0.3 is 21.3 Å². The highest BCUT2D eigenvalue weighted by atomic mass is 19.3. The maximum absolute atomic E-state index is 13.2. The van der Waals surface area contributed by atoms with Crippen LogP contribution in [0.4, 0.5) is 8.78 Å². The Kier molecular flexibility index (Phi) is 5.58. The fourth-order valence-electron chi connectivity index (χ4n) is 3.19. The highest BCUT2D eigenvalue weighted by Crippen LogP contribution is 2.27. The molecule has 3 rings (SSSR count). The molecule has 0 aromatic rings. The van der Waals surface area contributed by atoms with Crippen LogP contribution in [0.5, 0.6) is 0 Å². The van der Waals surface area contributed by atoms with Crippen LogP contribution in [0.15, 0.2) is 57.6 Å². The summed E-state index contributed by atoms with van der Waals surface area (Å²) in [6.45, 7) is 9.00. The Labute approximate surface area is 164 Å². The van der Waals surface area contributed by atoms with Crippen molar-refractivity contribution >= 4 is 12.1 Å². The number of allylic oxidation sites excluding steroid dienone is 2. The summed E-state index contributed by atoms with van der Waals surface area (Å²) in [5.41, 5.74) is 1.90. The van der Waals surface area contributed by atoms with Gasteiger partial charge in [-0.25, -0.2) is 8.78 Å². The number of halogens is 2. The number of nitrogens with zero attached hydrogens (tertiary/aromatic N) is 2. The molecule has 1 saturated heterocycles. The van der Waals surface area contributed by atoms with Crippen LogP contribution < -0.4 is 21.3 Å². The van der Waals surface area contributed by atoms with Gasteiger partial charge in [0.15, 0.2) is 0 Å². The second kappa shape index (κ2) is 7.77. The zero-order chi connectivity index (χ0) is 20.4. The molecule has 0 aromatic carbocycles. The lowest BCUT2D eigenvalue weighted by molar-refractivity contribution is 0.0244. The fourth-order valence-corrected chi connectivity index (χ4v) is 3.19. The summed E-state index contributed by atoms with van der Waals surface area (Å²) in [6, 6.07) is 0. The molecular weight excluding hydrogens is 362 g/mol. The quantitative estimate of drug-likeness (QED) is 0.563. The first-order chi connectivity index (χ1) is 13.2. The lowest BCUT2D eigenvalue weighted by Crippen LogP contribution is -2.44. The molecule has 0 aromatic heterocycles. The van der Waals surface area contributed by atoms with Crippen LogP contribution in [0.2, 0.25) is 0 Å². The maximum atomic E-state index is 13.2. The van der Waals surface area contributed by atoms with Crippen LogP contribution in [-0.2, 0) is 0 Å². The van der Waals surface area contributed by atoms with Crippen LogP contribution in [0.3, 0.4) is 0 Å². The molecule has 8 heteroatoms. The van der Waals surface area contributed by atoms with Crippen LogP contribution in [0.25, 0.3) is 0 Å². The van der Waals surface area contributed by atoms with Gasteiger partial charge in [-0.05, 0) is 25.6 Å². The van der Waals surface area contributed by atoms with E-state index < -0.39 is 18.0 Å². The van der Waals surface area contributed by atoms with Crippen molar-refractivity contribution in [1.82, 2.24) is 21.3 Å². The molecule has 1 unspecified atom stereocenters. The number of rotatable bonds is 6. The van der Waals surface area contributed by atoms with Crippen LogP contribution in [0.1, 0.15) is 33.6 Å². The molecule has 6 nitrogen and oxygen atoms in total. The van der Waals surface area contributed by atoms with Crippen molar-refractivity contribution in [2.45, 2.75) is 51.2 Å². The first-order valence-corrected chi connectivity index (χ1v) is 9.53. The van der Waals surface area contributed by atoms with Crippen molar-refractivity contribution in [3.8, 4) is 0 Å². The monoisotopic (exact) mass is 390 g/mol. The first kappa shape index (κ1) is 20.1. The van der Waals surface area contributed by atoms with Gasteiger partial charge in [-0.15, -0.1) is 0 Å². The van der Waals surface area contributed by atoms with Gasteiger partial charge in [0.25, 0.3) is 5.92 Å². The number of hydrogen-bond acceptors (Lipinski definition) is 5. The SMILES string of the molecule is C=C(NCC(C)(F)F)[C@@](C)(CC)N=C1CCNC(=C2C=NC3NC=CC=C23)N1. The third-order valence-corrected chi connectivity index (χ3v) is 5.12. The number of amidine groups is 1. The van der Waals surface area contributed by atoms with Gasteiger partial charge in [-0.3, -0.25) is 9.98 Å². The van der Waals surface area contributed by atoms with E-state index in [1.807, 2.05) is 38.4 Å². The summed E-state index contributed by atoms with van der Waals surface area (Å²) in [5, 5.41) is 12.7. The summed E-state index contributed by atoms with van der Waals surface area (Å²) in [6.07, 6.45) is 9.00. The molecule has 0 bridgehead atoms. The molecule has 4 N–H and O–H groups in total. The van der Waals surface area contributed by atoms with E-state index in [2.05, 4.69) is 32.8 Å². The van der Waals surface area contributed by atoms with Gasteiger partial charge in [-0.2, -0.15) is 0 Å². The molecule has 3 heterocycles. The predicted octanol–water partition coefficient (Wildman–Crippen LogP) is 2.56. The zero-order valence-electron chi connectivity index (χ0n) is 16.6. The number of alkyl halides is 2. The van der Waals surface area contributed by atoms with Gasteiger partial charge in [0.2, 0.25) is 0 Å². The molecule has 0 spiro atoms. The lowest BCUT2D eigenvalue weighted by atomic mass is 9.95. The predicted molar refractivity (Wildman–Crippen MR) is 109 cm³/mol. The van der Waals surface area contributed by atoms with Crippen molar-refractivity contribution in [2.24, 2.45) is 9.98 Å². The van der Waals surface area contributed by atoms with Gasteiger partial charge in [0.1, 0.15) is 17.8 Å². The summed E-state index contributed by atoms with van der Waals surface area (Å²) < 4.78 is 26.4. The summed E-state index contributed by atoms with van der Waals surface area (Å²) in [5.74, 6) is -1.14. The van der Waals surface area contributed by atoms with Crippen molar-refractivity contribution < 1.29 is 8.78 Å². The molecular formula is C20H28F2N6. The van der Waals surface area contributed by atoms with Crippen LogP contribution >= 0.6 is 0 Å². The van der Waals surface area contributed by atoms with E-state index in [9.17, 15) is 8.78 Å². The number of hydrogen-bond donors (Lipinski definition) is 4. The Bertz CT molecular complexity index is 787. The Morgan fingerprint density at radius 1 is 1.43 bits per heavy atom.